The monoisotopic (exact) mass is 297 g/mol. The van der Waals surface area contributed by atoms with Crippen molar-refractivity contribution in [1.29, 1.82) is 0 Å². The van der Waals surface area contributed by atoms with E-state index in [1.54, 1.807) is 0 Å². The third-order valence-corrected chi connectivity index (χ3v) is 3.16. The Hall–Kier alpha value is -1.79. The van der Waals surface area contributed by atoms with Crippen molar-refractivity contribution < 1.29 is 9.59 Å². The van der Waals surface area contributed by atoms with Gasteiger partial charge in [0, 0.05) is 38.0 Å². The summed E-state index contributed by atoms with van der Waals surface area (Å²) in [4.78, 5) is 27.0. The minimum atomic E-state index is -0.00816. The summed E-state index contributed by atoms with van der Waals surface area (Å²) in [7, 11) is 0. The van der Waals surface area contributed by atoms with Crippen LogP contribution in [0.25, 0.3) is 0 Å². The molecule has 21 heavy (non-hydrogen) atoms. The van der Waals surface area contributed by atoms with Crippen molar-refractivity contribution in [2.24, 2.45) is 10.9 Å². The van der Waals surface area contributed by atoms with Crippen molar-refractivity contribution in [1.82, 2.24) is 21.3 Å². The number of amides is 2. The van der Waals surface area contributed by atoms with Crippen LogP contribution < -0.4 is 21.3 Å². The van der Waals surface area contributed by atoms with Gasteiger partial charge in [0.25, 0.3) is 0 Å². The Bertz CT molecular complexity index is 372. The Labute approximate surface area is 126 Å². The first kappa shape index (κ1) is 17.3. The van der Waals surface area contributed by atoms with Crippen LogP contribution >= 0.6 is 0 Å². The molecular weight excluding hydrogens is 270 g/mol. The lowest BCUT2D eigenvalue weighted by molar-refractivity contribution is -0.124. The molecular formula is C14H27N5O2. The molecule has 2 amide bonds. The number of piperidine rings is 1. The molecule has 0 aromatic heterocycles. The lowest BCUT2D eigenvalue weighted by atomic mass is 10.1. The lowest BCUT2D eigenvalue weighted by Crippen LogP contribution is -2.51. The first-order valence-electron chi connectivity index (χ1n) is 7.62. The Morgan fingerprint density at radius 1 is 1.43 bits per heavy atom. The van der Waals surface area contributed by atoms with Crippen LogP contribution in [0.2, 0.25) is 0 Å². The lowest BCUT2D eigenvalue weighted by Gasteiger charge is -2.25. The summed E-state index contributed by atoms with van der Waals surface area (Å²) in [6, 6.07) is 0.200. The molecule has 1 aliphatic rings. The fourth-order valence-corrected chi connectivity index (χ4v) is 1.92. The van der Waals surface area contributed by atoms with Gasteiger partial charge in [-0.1, -0.05) is 13.8 Å². The Morgan fingerprint density at radius 3 is 2.76 bits per heavy atom. The maximum atomic E-state index is 11.4. The fourth-order valence-electron chi connectivity index (χ4n) is 1.92. The molecule has 0 saturated carbocycles. The largest absolute Gasteiger partial charge is 0.357 e. The zero-order valence-corrected chi connectivity index (χ0v) is 13.2. The van der Waals surface area contributed by atoms with Crippen molar-refractivity contribution in [3.05, 3.63) is 0 Å². The zero-order valence-electron chi connectivity index (χ0n) is 13.2. The summed E-state index contributed by atoms with van der Waals surface area (Å²) < 4.78 is 0. The maximum absolute atomic E-state index is 11.4. The normalized spacial score (nSPS) is 19.1. The van der Waals surface area contributed by atoms with Crippen LogP contribution in [0.4, 0.5) is 0 Å². The molecule has 0 spiro atoms. The van der Waals surface area contributed by atoms with E-state index in [2.05, 4.69) is 26.3 Å². The van der Waals surface area contributed by atoms with Crippen molar-refractivity contribution in [3.63, 3.8) is 0 Å². The molecule has 1 rings (SSSR count). The van der Waals surface area contributed by atoms with E-state index in [9.17, 15) is 9.59 Å². The van der Waals surface area contributed by atoms with Gasteiger partial charge in [0.05, 0.1) is 6.54 Å². The highest BCUT2D eigenvalue weighted by Crippen LogP contribution is 2.02. The Balaban J connectivity index is 2.35. The number of guanidine groups is 1. The van der Waals surface area contributed by atoms with E-state index in [1.807, 2.05) is 20.8 Å². The van der Waals surface area contributed by atoms with E-state index < -0.39 is 0 Å². The van der Waals surface area contributed by atoms with E-state index in [-0.39, 0.29) is 23.8 Å². The molecule has 4 N–H and O–H groups in total. The fraction of sp³-hybridized carbons (Fsp3) is 0.786. The van der Waals surface area contributed by atoms with Gasteiger partial charge in [-0.25, -0.2) is 0 Å². The van der Waals surface area contributed by atoms with Crippen molar-refractivity contribution >= 4 is 17.8 Å². The molecule has 0 aliphatic carbocycles. The van der Waals surface area contributed by atoms with Crippen LogP contribution in [-0.4, -0.2) is 50.0 Å². The van der Waals surface area contributed by atoms with E-state index in [0.717, 1.165) is 18.9 Å². The molecule has 1 atom stereocenters. The second kappa shape index (κ2) is 9.20. The second-order valence-electron chi connectivity index (χ2n) is 5.39. The molecule has 1 unspecified atom stereocenters. The van der Waals surface area contributed by atoms with Crippen LogP contribution in [-0.2, 0) is 9.59 Å². The third kappa shape index (κ3) is 6.97. The van der Waals surface area contributed by atoms with Crippen molar-refractivity contribution in [2.75, 3.05) is 26.2 Å². The number of carbonyl (C=O) groups excluding carboxylic acids is 2. The number of hydrogen-bond acceptors (Lipinski definition) is 3. The number of rotatable bonds is 6. The number of nitrogens with zero attached hydrogens (tertiary/aromatic N) is 1. The van der Waals surface area contributed by atoms with Crippen LogP contribution in [0, 0.1) is 5.92 Å². The summed E-state index contributed by atoms with van der Waals surface area (Å²) in [6.45, 7) is 8.15. The topological polar surface area (TPSA) is 94.6 Å². The number of nitrogens with one attached hydrogen (secondary N) is 4. The van der Waals surface area contributed by atoms with E-state index in [0.29, 0.717) is 26.1 Å². The maximum Gasteiger partial charge on any atom is 0.222 e. The van der Waals surface area contributed by atoms with Gasteiger partial charge in [-0.05, 0) is 13.3 Å². The third-order valence-electron chi connectivity index (χ3n) is 3.16. The number of carbonyl (C=O) groups is 2. The highest BCUT2D eigenvalue weighted by atomic mass is 16.2. The average molecular weight is 297 g/mol. The van der Waals surface area contributed by atoms with Gasteiger partial charge >= 0.3 is 0 Å². The van der Waals surface area contributed by atoms with E-state index >= 15 is 0 Å². The number of aliphatic imine (C=N–C) groups is 1. The van der Waals surface area contributed by atoms with Crippen molar-refractivity contribution in [3.8, 4) is 0 Å². The predicted octanol–water partition coefficient (Wildman–Crippen LogP) is -0.408. The van der Waals surface area contributed by atoms with Gasteiger partial charge in [-0.2, -0.15) is 0 Å². The Kier molecular flexibility index (Phi) is 7.56. The predicted molar refractivity (Wildman–Crippen MR) is 83.0 cm³/mol. The zero-order chi connectivity index (χ0) is 15.7. The van der Waals surface area contributed by atoms with Gasteiger partial charge < -0.3 is 21.3 Å². The summed E-state index contributed by atoms with van der Waals surface area (Å²) in [6.07, 6.45) is 1.35. The van der Waals surface area contributed by atoms with Crippen molar-refractivity contribution in [2.45, 2.75) is 39.7 Å². The highest BCUT2D eigenvalue weighted by Gasteiger charge is 2.18. The van der Waals surface area contributed by atoms with Gasteiger partial charge in [0.15, 0.2) is 5.96 Å². The molecule has 7 heteroatoms. The van der Waals surface area contributed by atoms with Gasteiger partial charge in [0.1, 0.15) is 0 Å². The summed E-state index contributed by atoms with van der Waals surface area (Å²) in [5.74, 6) is 0.855. The summed E-state index contributed by atoms with van der Waals surface area (Å²) >= 11 is 0. The standard InChI is InChI=1S/C14H27N5O2/c1-4-15-14(17-8-7-16-13(21)10(2)3)19-11-5-6-12(20)18-9-11/h10-11H,4-9H2,1-3H3,(H,16,21)(H,18,20)(H2,15,17,19). The Morgan fingerprint density at radius 2 is 2.19 bits per heavy atom. The molecule has 0 aromatic carbocycles. The van der Waals surface area contributed by atoms with E-state index in [4.69, 9.17) is 0 Å². The minimum Gasteiger partial charge on any atom is -0.357 e. The first-order valence-corrected chi connectivity index (χ1v) is 7.62. The van der Waals surface area contributed by atoms with Crippen LogP contribution in [0.1, 0.15) is 33.6 Å². The average Bonchev–Trinajstić information content (AvgIpc) is 2.45. The van der Waals surface area contributed by atoms with Gasteiger partial charge in [-0.15, -0.1) is 0 Å². The smallest absolute Gasteiger partial charge is 0.222 e. The number of hydrogen-bond donors (Lipinski definition) is 4. The highest BCUT2D eigenvalue weighted by molar-refractivity contribution is 5.81. The van der Waals surface area contributed by atoms with Crippen LogP contribution in [0.3, 0.4) is 0 Å². The van der Waals surface area contributed by atoms with Crippen LogP contribution in [0.5, 0.6) is 0 Å². The van der Waals surface area contributed by atoms with E-state index in [1.165, 1.54) is 0 Å². The molecule has 0 radical (unpaired) electrons. The van der Waals surface area contributed by atoms with Gasteiger partial charge in [-0.3, -0.25) is 14.6 Å². The molecule has 1 heterocycles. The minimum absolute atomic E-state index is 0.00816. The quantitative estimate of drug-likeness (QED) is 0.305. The van der Waals surface area contributed by atoms with Crippen LogP contribution in [0.15, 0.2) is 4.99 Å². The molecule has 0 bridgehead atoms. The molecule has 120 valence electrons. The SMILES string of the molecule is CCNC(=NCCNC(=O)C(C)C)NC1CCC(=O)NC1. The molecule has 1 aliphatic heterocycles. The molecule has 1 saturated heterocycles. The summed E-state index contributed by atoms with van der Waals surface area (Å²) in [5, 5.41) is 12.1. The molecule has 1 fully saturated rings. The first-order chi connectivity index (χ1) is 10.0. The molecule has 7 nitrogen and oxygen atoms in total. The second-order valence-corrected chi connectivity index (χ2v) is 5.39. The molecule has 0 aromatic rings. The van der Waals surface area contributed by atoms with Gasteiger partial charge in [0.2, 0.25) is 11.8 Å². The summed E-state index contributed by atoms with van der Waals surface area (Å²) in [5.41, 5.74) is 0.